The van der Waals surface area contributed by atoms with Crippen molar-refractivity contribution in [2.24, 2.45) is 5.10 Å². The van der Waals surface area contributed by atoms with Crippen molar-refractivity contribution in [3.63, 3.8) is 0 Å². The second-order valence-electron chi connectivity index (χ2n) is 4.49. The number of nitrogens with zero attached hydrogens (tertiary/aromatic N) is 1. The lowest BCUT2D eigenvalue weighted by atomic mass is 10.1. The molecule has 2 aromatic carbocycles. The van der Waals surface area contributed by atoms with Gasteiger partial charge in [0.05, 0.1) is 18.9 Å². The molecule has 0 atom stereocenters. The molecule has 108 valence electrons. The Balaban J connectivity index is 2.01. The lowest BCUT2D eigenvalue weighted by Gasteiger charge is -2.03. The maximum atomic E-state index is 11.9. The molecule has 1 amide bonds. The monoisotopic (exact) mass is 284 g/mol. The summed E-state index contributed by atoms with van der Waals surface area (Å²) >= 11 is 0. The molecule has 0 radical (unpaired) electrons. The smallest absolute Gasteiger partial charge is 0.275 e. The average Bonchev–Trinajstić information content (AvgIpc) is 2.47. The van der Waals surface area contributed by atoms with E-state index in [4.69, 9.17) is 4.74 Å². The van der Waals surface area contributed by atoms with Crippen molar-refractivity contribution in [1.82, 2.24) is 5.43 Å². The van der Waals surface area contributed by atoms with E-state index in [2.05, 4.69) is 10.5 Å². The fourth-order valence-corrected chi connectivity index (χ4v) is 1.75. The van der Waals surface area contributed by atoms with E-state index in [1.54, 1.807) is 31.4 Å². The number of aryl methyl sites for hydroxylation is 1. The molecule has 0 aliphatic heterocycles. The first-order valence-corrected chi connectivity index (χ1v) is 6.37. The first kappa shape index (κ1) is 14.6. The van der Waals surface area contributed by atoms with Crippen LogP contribution in [0, 0.1) is 6.92 Å². The van der Waals surface area contributed by atoms with E-state index < -0.39 is 5.91 Å². The lowest BCUT2D eigenvalue weighted by Crippen LogP contribution is -2.17. The molecule has 5 heteroatoms. The number of phenols is 1. The molecule has 0 bridgehead atoms. The second-order valence-corrected chi connectivity index (χ2v) is 4.49. The number of hydrogen-bond acceptors (Lipinski definition) is 4. The third kappa shape index (κ3) is 3.82. The van der Waals surface area contributed by atoms with Gasteiger partial charge in [0, 0.05) is 0 Å². The summed E-state index contributed by atoms with van der Waals surface area (Å²) in [5.74, 6) is 0.227. The highest BCUT2D eigenvalue weighted by Gasteiger charge is 2.09. The van der Waals surface area contributed by atoms with Gasteiger partial charge in [-0.2, -0.15) is 5.10 Å². The van der Waals surface area contributed by atoms with Gasteiger partial charge in [-0.05, 0) is 54.4 Å². The first-order valence-electron chi connectivity index (χ1n) is 6.37. The maximum Gasteiger partial charge on any atom is 0.275 e. The summed E-state index contributed by atoms with van der Waals surface area (Å²) in [4.78, 5) is 11.9. The van der Waals surface area contributed by atoms with E-state index in [9.17, 15) is 9.90 Å². The maximum absolute atomic E-state index is 11.9. The zero-order valence-corrected chi connectivity index (χ0v) is 11.8. The van der Waals surface area contributed by atoms with Crippen LogP contribution >= 0.6 is 0 Å². The van der Waals surface area contributed by atoms with Crippen molar-refractivity contribution >= 4 is 12.1 Å². The molecule has 0 spiro atoms. The molecule has 5 nitrogen and oxygen atoms in total. The summed E-state index contributed by atoms with van der Waals surface area (Å²) in [6.07, 6.45) is 1.52. The highest BCUT2D eigenvalue weighted by molar-refractivity contribution is 5.97. The zero-order chi connectivity index (χ0) is 15.2. The third-order valence-corrected chi connectivity index (χ3v) is 2.89. The standard InChI is InChI=1S/C16H16N2O3/c1-11-3-8-14(15(19)9-11)16(20)18-17-10-12-4-6-13(21-2)7-5-12/h3-10,19H,1-2H3,(H,18,20)/b17-10+. The van der Waals surface area contributed by atoms with E-state index in [1.807, 2.05) is 19.1 Å². The molecule has 0 saturated carbocycles. The fourth-order valence-electron chi connectivity index (χ4n) is 1.75. The predicted octanol–water partition coefficient (Wildman–Crippen LogP) is 2.47. The average molecular weight is 284 g/mol. The van der Waals surface area contributed by atoms with Crippen LogP contribution in [-0.4, -0.2) is 24.3 Å². The van der Waals surface area contributed by atoms with Crippen LogP contribution in [0.5, 0.6) is 11.5 Å². The number of carbonyl (C=O) groups excluding carboxylic acids is 1. The Hall–Kier alpha value is -2.82. The van der Waals surface area contributed by atoms with Crippen LogP contribution in [0.15, 0.2) is 47.6 Å². The molecular formula is C16H16N2O3. The number of aromatic hydroxyl groups is 1. The van der Waals surface area contributed by atoms with Crippen LogP contribution in [0.4, 0.5) is 0 Å². The number of nitrogens with one attached hydrogen (secondary N) is 1. The second kappa shape index (κ2) is 6.56. The van der Waals surface area contributed by atoms with E-state index in [0.717, 1.165) is 16.9 Å². The van der Waals surface area contributed by atoms with Gasteiger partial charge in [-0.3, -0.25) is 4.79 Å². The van der Waals surface area contributed by atoms with Crippen molar-refractivity contribution in [2.75, 3.05) is 7.11 Å². The van der Waals surface area contributed by atoms with Gasteiger partial charge in [0.15, 0.2) is 0 Å². The quantitative estimate of drug-likeness (QED) is 0.669. The number of benzene rings is 2. The molecule has 2 rings (SSSR count). The van der Waals surface area contributed by atoms with E-state index in [1.165, 1.54) is 12.3 Å². The van der Waals surface area contributed by atoms with Crippen molar-refractivity contribution in [3.05, 3.63) is 59.2 Å². The van der Waals surface area contributed by atoms with Crippen molar-refractivity contribution in [2.45, 2.75) is 6.92 Å². The summed E-state index contributed by atoms with van der Waals surface area (Å²) in [7, 11) is 1.59. The van der Waals surface area contributed by atoms with E-state index >= 15 is 0 Å². The molecule has 0 saturated heterocycles. The fraction of sp³-hybridized carbons (Fsp3) is 0.125. The van der Waals surface area contributed by atoms with Crippen molar-refractivity contribution < 1.29 is 14.6 Å². The van der Waals surface area contributed by atoms with Crippen LogP contribution in [0.3, 0.4) is 0 Å². The van der Waals surface area contributed by atoms with Crippen LogP contribution in [0.2, 0.25) is 0 Å². The van der Waals surface area contributed by atoms with E-state index in [0.29, 0.717) is 0 Å². The Morgan fingerprint density at radius 1 is 1.24 bits per heavy atom. The number of phenolic OH excluding ortho intramolecular Hbond substituents is 1. The van der Waals surface area contributed by atoms with E-state index in [-0.39, 0.29) is 11.3 Å². The van der Waals surface area contributed by atoms with Gasteiger partial charge in [-0.1, -0.05) is 6.07 Å². The number of ether oxygens (including phenoxy) is 1. The van der Waals surface area contributed by atoms with Crippen LogP contribution < -0.4 is 10.2 Å². The molecule has 2 aromatic rings. The van der Waals surface area contributed by atoms with Gasteiger partial charge in [0.25, 0.3) is 5.91 Å². The molecule has 2 N–H and O–H groups in total. The summed E-state index contributed by atoms with van der Waals surface area (Å²) < 4.78 is 5.05. The molecule has 0 aliphatic rings. The Morgan fingerprint density at radius 2 is 1.95 bits per heavy atom. The zero-order valence-electron chi connectivity index (χ0n) is 11.8. The number of hydrazone groups is 1. The molecule has 0 aromatic heterocycles. The molecule has 0 aliphatic carbocycles. The Bertz CT molecular complexity index is 664. The Kier molecular flexibility index (Phi) is 4.56. The molecule has 0 heterocycles. The summed E-state index contributed by atoms with van der Waals surface area (Å²) in [5.41, 5.74) is 4.27. The van der Waals surface area contributed by atoms with Crippen LogP contribution in [0.1, 0.15) is 21.5 Å². The number of hydrogen-bond donors (Lipinski definition) is 2. The number of carbonyl (C=O) groups is 1. The highest BCUT2D eigenvalue weighted by atomic mass is 16.5. The molecule has 21 heavy (non-hydrogen) atoms. The normalized spacial score (nSPS) is 10.6. The predicted molar refractivity (Wildman–Crippen MR) is 80.9 cm³/mol. The summed E-state index contributed by atoms with van der Waals surface area (Å²) in [6, 6.07) is 12.1. The highest BCUT2D eigenvalue weighted by Crippen LogP contribution is 2.18. The molecular weight excluding hydrogens is 268 g/mol. The van der Waals surface area contributed by atoms with Gasteiger partial charge < -0.3 is 9.84 Å². The summed E-state index contributed by atoms with van der Waals surface area (Å²) in [5, 5.41) is 13.6. The topological polar surface area (TPSA) is 70.9 Å². The minimum Gasteiger partial charge on any atom is -0.507 e. The van der Waals surface area contributed by atoms with Crippen molar-refractivity contribution in [3.8, 4) is 11.5 Å². The van der Waals surface area contributed by atoms with Gasteiger partial charge in [-0.25, -0.2) is 5.43 Å². The molecule has 0 unspecified atom stereocenters. The summed E-state index contributed by atoms with van der Waals surface area (Å²) in [6.45, 7) is 1.84. The van der Waals surface area contributed by atoms with Crippen LogP contribution in [-0.2, 0) is 0 Å². The Morgan fingerprint density at radius 3 is 2.57 bits per heavy atom. The SMILES string of the molecule is COc1ccc(/C=N/NC(=O)c2ccc(C)cc2O)cc1. The van der Waals surface area contributed by atoms with Gasteiger partial charge in [-0.15, -0.1) is 0 Å². The lowest BCUT2D eigenvalue weighted by molar-refractivity contribution is 0.0952. The third-order valence-electron chi connectivity index (χ3n) is 2.89. The van der Waals surface area contributed by atoms with Crippen molar-refractivity contribution in [1.29, 1.82) is 0 Å². The number of rotatable bonds is 4. The van der Waals surface area contributed by atoms with Gasteiger partial charge in [0.1, 0.15) is 11.5 Å². The van der Waals surface area contributed by atoms with Gasteiger partial charge in [0.2, 0.25) is 0 Å². The Labute approximate surface area is 122 Å². The van der Waals surface area contributed by atoms with Crippen LogP contribution in [0.25, 0.3) is 0 Å². The van der Waals surface area contributed by atoms with Gasteiger partial charge >= 0.3 is 0 Å². The number of amides is 1. The minimum absolute atomic E-state index is 0.0628. The largest absolute Gasteiger partial charge is 0.507 e. The molecule has 0 fully saturated rings. The minimum atomic E-state index is -0.461. The first-order chi connectivity index (χ1) is 10.1. The number of methoxy groups -OCH3 is 1.